The third kappa shape index (κ3) is 2.58. The summed E-state index contributed by atoms with van der Waals surface area (Å²) >= 11 is 4.79. The lowest BCUT2D eigenvalue weighted by molar-refractivity contribution is -0.429. The minimum Gasteiger partial charge on any atom is -0.550 e. The predicted molar refractivity (Wildman–Crippen MR) is 47.3 cm³/mol. The fourth-order valence-corrected chi connectivity index (χ4v) is 2.31. The molecule has 0 aliphatic carbocycles. The molecule has 0 amide bonds. The Morgan fingerprint density at radius 1 is 1.83 bits per heavy atom. The quantitative estimate of drug-likeness (QED) is 0.816. The molecule has 0 radical (unpaired) electrons. The minimum atomic E-state index is -1.06. The summed E-state index contributed by atoms with van der Waals surface area (Å²) in [7, 11) is 0. The Labute approximate surface area is 82.3 Å². The van der Waals surface area contributed by atoms with E-state index in [0.29, 0.717) is 0 Å². The molecule has 12 heavy (non-hydrogen) atoms. The highest BCUT2D eigenvalue weighted by atomic mass is 79.9. The van der Waals surface area contributed by atoms with E-state index < -0.39 is 5.97 Å². The molecule has 0 aromatic carbocycles. The number of carbonyl (C=O) groups is 1. The molecule has 1 aromatic heterocycles. The van der Waals surface area contributed by atoms with Crippen molar-refractivity contribution in [1.29, 1.82) is 0 Å². The Morgan fingerprint density at radius 3 is 2.92 bits per heavy atom. The van der Waals surface area contributed by atoms with Crippen molar-refractivity contribution in [1.82, 2.24) is 0 Å². The smallest absolute Gasteiger partial charge is 0.125 e. The van der Waals surface area contributed by atoms with Gasteiger partial charge in [0.05, 0.1) is 4.88 Å². The van der Waals surface area contributed by atoms with E-state index in [-0.39, 0.29) is 12.5 Å². The van der Waals surface area contributed by atoms with Crippen molar-refractivity contribution in [2.75, 3.05) is 0 Å². The highest BCUT2D eigenvalue weighted by Crippen LogP contribution is 2.24. The Kier molecular flexibility index (Phi) is 3.25. The van der Waals surface area contributed by atoms with E-state index in [1.165, 1.54) is 11.3 Å². The lowest BCUT2D eigenvalue weighted by Crippen LogP contribution is -2.55. The molecule has 1 heterocycles. The van der Waals surface area contributed by atoms with Gasteiger partial charge < -0.3 is 15.6 Å². The molecule has 0 saturated heterocycles. The molecule has 0 aliphatic heterocycles. The molecule has 1 atom stereocenters. The summed E-state index contributed by atoms with van der Waals surface area (Å²) in [6.45, 7) is 0. The first kappa shape index (κ1) is 9.70. The zero-order valence-corrected chi connectivity index (χ0v) is 8.65. The Hall–Kier alpha value is -0.390. The fraction of sp³-hybridized carbons (Fsp3) is 0.286. The van der Waals surface area contributed by atoms with Gasteiger partial charge in [-0.15, -0.1) is 11.3 Å². The number of carbonyl (C=O) groups excluding carboxylic acids is 1. The number of hydrogen-bond donors (Lipinski definition) is 1. The van der Waals surface area contributed by atoms with Crippen LogP contribution in [-0.4, -0.2) is 5.97 Å². The zero-order valence-electron chi connectivity index (χ0n) is 6.25. The van der Waals surface area contributed by atoms with Gasteiger partial charge in [-0.3, -0.25) is 0 Å². The summed E-state index contributed by atoms with van der Waals surface area (Å²) < 4.78 is 0.967. The minimum absolute atomic E-state index is 0.0209. The normalized spacial score (nSPS) is 12.8. The van der Waals surface area contributed by atoms with Crippen molar-refractivity contribution in [3.63, 3.8) is 0 Å². The second-order valence-electron chi connectivity index (χ2n) is 2.44. The second kappa shape index (κ2) is 4.02. The van der Waals surface area contributed by atoms with Gasteiger partial charge in [0.2, 0.25) is 0 Å². The Balaban J connectivity index is 2.64. The molecule has 1 aromatic rings. The first-order chi connectivity index (χ1) is 5.59. The fourth-order valence-electron chi connectivity index (χ4n) is 0.844. The lowest BCUT2D eigenvalue weighted by Gasteiger charge is -2.05. The molecule has 0 bridgehead atoms. The van der Waals surface area contributed by atoms with Crippen molar-refractivity contribution in [2.24, 2.45) is 0 Å². The molecule has 3 nitrogen and oxygen atoms in total. The number of rotatable bonds is 3. The molecule has 0 unspecified atom stereocenters. The van der Waals surface area contributed by atoms with Gasteiger partial charge in [0.15, 0.2) is 0 Å². The van der Waals surface area contributed by atoms with Crippen molar-refractivity contribution >= 4 is 33.2 Å². The molecule has 0 aliphatic rings. The van der Waals surface area contributed by atoms with Crippen molar-refractivity contribution in [3.8, 4) is 0 Å². The van der Waals surface area contributed by atoms with Crippen LogP contribution in [0.5, 0.6) is 0 Å². The summed E-state index contributed by atoms with van der Waals surface area (Å²) in [4.78, 5) is 11.2. The highest BCUT2D eigenvalue weighted by Gasteiger charge is 2.11. The average Bonchev–Trinajstić information content (AvgIpc) is 2.34. The van der Waals surface area contributed by atoms with Crippen LogP contribution in [0.4, 0.5) is 0 Å². The number of aliphatic carboxylic acids is 1. The largest absolute Gasteiger partial charge is 0.550 e. The first-order valence-corrected chi connectivity index (χ1v) is 5.03. The SMILES string of the molecule is [NH3+][C@@H](CC(=O)[O-])c1cc(Br)cs1. The van der Waals surface area contributed by atoms with Gasteiger partial charge in [-0.2, -0.15) is 0 Å². The van der Waals surface area contributed by atoms with E-state index in [0.717, 1.165) is 9.35 Å². The molecule has 5 heteroatoms. The van der Waals surface area contributed by atoms with E-state index in [4.69, 9.17) is 0 Å². The van der Waals surface area contributed by atoms with Crippen molar-refractivity contribution in [3.05, 3.63) is 20.8 Å². The van der Waals surface area contributed by atoms with Crippen LogP contribution in [0.1, 0.15) is 17.3 Å². The maximum atomic E-state index is 10.2. The number of carboxylic acid groups (broad SMARTS) is 1. The van der Waals surface area contributed by atoms with Gasteiger partial charge in [0, 0.05) is 22.2 Å². The van der Waals surface area contributed by atoms with Gasteiger partial charge in [-0.05, 0) is 22.0 Å². The summed E-state index contributed by atoms with van der Waals surface area (Å²) in [5.74, 6) is -1.06. The van der Waals surface area contributed by atoms with Gasteiger partial charge in [-0.1, -0.05) is 0 Å². The zero-order chi connectivity index (χ0) is 9.14. The average molecular weight is 250 g/mol. The van der Waals surface area contributed by atoms with Gasteiger partial charge in [0.25, 0.3) is 0 Å². The van der Waals surface area contributed by atoms with E-state index in [2.05, 4.69) is 21.7 Å². The Bertz CT molecular complexity index is 287. The van der Waals surface area contributed by atoms with Crippen LogP contribution in [0, 0.1) is 0 Å². The van der Waals surface area contributed by atoms with Crippen LogP contribution in [0.2, 0.25) is 0 Å². The van der Waals surface area contributed by atoms with E-state index in [1.807, 2.05) is 11.4 Å². The number of thiophene rings is 1. The summed E-state index contributed by atoms with van der Waals surface area (Å²) in [6, 6.07) is 1.68. The maximum absolute atomic E-state index is 10.2. The van der Waals surface area contributed by atoms with Crippen molar-refractivity contribution < 1.29 is 15.6 Å². The third-order valence-electron chi connectivity index (χ3n) is 1.40. The lowest BCUT2D eigenvalue weighted by atomic mass is 10.2. The summed E-state index contributed by atoms with van der Waals surface area (Å²) in [5.41, 5.74) is 3.73. The van der Waals surface area contributed by atoms with E-state index in [1.54, 1.807) is 0 Å². The summed E-state index contributed by atoms with van der Waals surface area (Å²) in [5, 5.41) is 12.1. The molecule has 1 rings (SSSR count). The van der Waals surface area contributed by atoms with Gasteiger partial charge >= 0.3 is 0 Å². The van der Waals surface area contributed by atoms with Crippen LogP contribution < -0.4 is 10.8 Å². The standard InChI is InChI=1S/C7H8BrNO2S/c8-4-1-6(12-3-4)5(9)2-7(10)11/h1,3,5H,2,9H2,(H,10,11)/t5-/m0/s1. The molecular weight excluding hydrogens is 242 g/mol. The topological polar surface area (TPSA) is 67.8 Å². The molecule has 66 valence electrons. The molecule has 0 spiro atoms. The van der Waals surface area contributed by atoms with E-state index >= 15 is 0 Å². The maximum Gasteiger partial charge on any atom is 0.125 e. The molecular formula is C7H8BrNO2S. The number of quaternary nitrogens is 1. The van der Waals surface area contributed by atoms with Crippen LogP contribution in [0.15, 0.2) is 15.9 Å². The van der Waals surface area contributed by atoms with Crippen LogP contribution in [0.3, 0.4) is 0 Å². The number of hydrogen-bond acceptors (Lipinski definition) is 3. The van der Waals surface area contributed by atoms with Crippen LogP contribution >= 0.6 is 27.3 Å². The molecule has 0 fully saturated rings. The van der Waals surface area contributed by atoms with Crippen molar-refractivity contribution in [2.45, 2.75) is 12.5 Å². The number of carboxylic acids is 1. The van der Waals surface area contributed by atoms with E-state index in [9.17, 15) is 9.90 Å². The first-order valence-electron chi connectivity index (χ1n) is 3.36. The molecule has 3 N–H and O–H groups in total. The Morgan fingerprint density at radius 2 is 2.50 bits per heavy atom. The second-order valence-corrected chi connectivity index (χ2v) is 4.30. The third-order valence-corrected chi connectivity index (χ3v) is 3.26. The van der Waals surface area contributed by atoms with Crippen LogP contribution in [-0.2, 0) is 4.79 Å². The monoisotopic (exact) mass is 249 g/mol. The highest BCUT2D eigenvalue weighted by molar-refractivity contribution is 9.10. The van der Waals surface area contributed by atoms with Crippen LogP contribution in [0.25, 0.3) is 0 Å². The predicted octanol–water partition coefficient (Wildman–Crippen LogP) is -0.0664. The summed E-state index contributed by atoms with van der Waals surface area (Å²) in [6.07, 6.45) is -0.0209. The van der Waals surface area contributed by atoms with Gasteiger partial charge in [-0.25, -0.2) is 0 Å². The molecule has 0 saturated carbocycles. The van der Waals surface area contributed by atoms with Gasteiger partial charge in [0.1, 0.15) is 6.04 Å². The number of halogens is 1.